The average molecular weight is 555 g/mol. The van der Waals surface area contributed by atoms with Crippen molar-refractivity contribution >= 4 is 52.6 Å². The van der Waals surface area contributed by atoms with Crippen LogP contribution in [0.5, 0.6) is 5.75 Å². The maximum Gasteiger partial charge on any atom is 0.329 e. The quantitative estimate of drug-likeness (QED) is 0.352. The molecule has 2 amide bonds. The van der Waals surface area contributed by atoms with E-state index in [0.29, 0.717) is 39.7 Å². The lowest BCUT2D eigenvalue weighted by Gasteiger charge is -2.22. The summed E-state index contributed by atoms with van der Waals surface area (Å²) in [5, 5.41) is 3.85. The third-order valence-corrected chi connectivity index (χ3v) is 5.43. The number of ether oxygens (including phenoxy) is 1. The number of anilines is 1. The number of benzene rings is 1. The molecule has 1 N–H and O–H groups in total. The highest BCUT2D eigenvalue weighted by Crippen LogP contribution is 2.35. The second-order valence-corrected chi connectivity index (χ2v) is 9.96. The molecule has 0 fully saturated rings. The van der Waals surface area contributed by atoms with Gasteiger partial charge in [-0.05, 0) is 30.7 Å². The second kappa shape index (κ2) is 14.1. The van der Waals surface area contributed by atoms with E-state index in [-0.39, 0.29) is 24.0 Å². The fourth-order valence-corrected chi connectivity index (χ4v) is 3.70. The van der Waals surface area contributed by atoms with Gasteiger partial charge in [-0.25, -0.2) is 14.8 Å². The Morgan fingerprint density at radius 1 is 1.08 bits per heavy atom. The van der Waals surface area contributed by atoms with Crippen molar-refractivity contribution in [2.75, 3.05) is 25.0 Å². The molecule has 8 nitrogen and oxygen atoms in total. The Hall–Kier alpha value is -2.81. The van der Waals surface area contributed by atoms with Gasteiger partial charge in [-0.15, -0.1) is 0 Å². The molecule has 0 aliphatic heterocycles. The van der Waals surface area contributed by atoms with Crippen molar-refractivity contribution in [2.45, 2.75) is 34.1 Å². The van der Waals surface area contributed by atoms with Crippen LogP contribution in [-0.4, -0.2) is 51.1 Å². The monoisotopic (exact) mass is 553 g/mol. The molecular weight excluding hydrogens is 525 g/mol. The van der Waals surface area contributed by atoms with Crippen LogP contribution in [0.2, 0.25) is 15.1 Å². The number of imidazole rings is 1. The SMILES string of the molecule is CC(C)(C)C(=O)Nc1ccccn1.CCCN(CCOc1c(Cl)cc(Cl)cc1Cl)C(=O)n1ccnc1. The summed E-state index contributed by atoms with van der Waals surface area (Å²) in [4.78, 5) is 33.4. The van der Waals surface area contributed by atoms with Crippen LogP contribution in [0.15, 0.2) is 55.2 Å². The molecule has 0 saturated carbocycles. The summed E-state index contributed by atoms with van der Waals surface area (Å²) in [6.07, 6.45) is 7.13. The van der Waals surface area contributed by atoms with Gasteiger partial charge in [0.2, 0.25) is 5.91 Å². The van der Waals surface area contributed by atoms with Crippen molar-refractivity contribution in [1.82, 2.24) is 19.4 Å². The average Bonchev–Trinajstić information content (AvgIpc) is 3.35. The van der Waals surface area contributed by atoms with E-state index in [1.807, 2.05) is 39.8 Å². The molecule has 3 aromatic rings. The zero-order valence-corrected chi connectivity index (χ0v) is 22.9. The molecule has 0 radical (unpaired) electrons. The fourth-order valence-electron chi connectivity index (χ4n) is 2.77. The molecule has 3 rings (SSSR count). The topological polar surface area (TPSA) is 89.4 Å². The lowest BCUT2D eigenvalue weighted by Crippen LogP contribution is -2.37. The van der Waals surface area contributed by atoms with Gasteiger partial charge < -0.3 is 15.0 Å². The smallest absolute Gasteiger partial charge is 0.329 e. The predicted molar refractivity (Wildman–Crippen MR) is 144 cm³/mol. The van der Waals surface area contributed by atoms with Gasteiger partial charge in [-0.3, -0.25) is 9.36 Å². The van der Waals surface area contributed by atoms with Crippen molar-refractivity contribution in [3.63, 3.8) is 0 Å². The van der Waals surface area contributed by atoms with Crippen LogP contribution >= 0.6 is 34.8 Å². The number of nitrogens with zero attached hydrogens (tertiary/aromatic N) is 4. The zero-order chi connectivity index (χ0) is 26.7. The van der Waals surface area contributed by atoms with Crippen molar-refractivity contribution in [3.05, 3.63) is 70.3 Å². The van der Waals surface area contributed by atoms with Crippen molar-refractivity contribution in [2.24, 2.45) is 5.41 Å². The molecule has 1 aromatic carbocycles. The van der Waals surface area contributed by atoms with Crippen molar-refractivity contribution in [3.8, 4) is 5.75 Å². The largest absolute Gasteiger partial charge is 0.489 e. The highest BCUT2D eigenvalue weighted by molar-refractivity contribution is 6.40. The molecule has 0 aliphatic rings. The Morgan fingerprint density at radius 2 is 1.78 bits per heavy atom. The highest BCUT2D eigenvalue weighted by Gasteiger charge is 2.21. The maximum absolute atomic E-state index is 12.3. The maximum atomic E-state index is 12.3. The molecule has 0 atom stereocenters. The molecule has 2 heterocycles. The van der Waals surface area contributed by atoms with Gasteiger partial charge in [0.1, 0.15) is 18.8 Å². The predicted octanol–water partition coefficient (Wildman–Crippen LogP) is 6.67. The summed E-state index contributed by atoms with van der Waals surface area (Å²) >= 11 is 18.0. The molecule has 0 unspecified atom stereocenters. The fraction of sp³-hybridized carbons (Fsp3) is 0.360. The van der Waals surface area contributed by atoms with Crippen LogP contribution in [0.25, 0.3) is 0 Å². The van der Waals surface area contributed by atoms with Gasteiger partial charge in [-0.2, -0.15) is 0 Å². The molecule has 0 aliphatic carbocycles. The number of rotatable bonds is 7. The zero-order valence-electron chi connectivity index (χ0n) is 20.7. The number of nitrogens with one attached hydrogen (secondary N) is 1. The Balaban J connectivity index is 0.000000297. The minimum Gasteiger partial charge on any atom is -0.489 e. The van der Waals surface area contributed by atoms with Crippen LogP contribution in [0.1, 0.15) is 34.1 Å². The normalized spacial score (nSPS) is 10.8. The molecular formula is C25H30Cl3N5O3. The van der Waals surface area contributed by atoms with Crippen LogP contribution in [-0.2, 0) is 4.79 Å². The van der Waals surface area contributed by atoms with Crippen LogP contribution < -0.4 is 10.1 Å². The van der Waals surface area contributed by atoms with Crippen molar-refractivity contribution in [1.29, 1.82) is 0 Å². The molecule has 0 saturated heterocycles. The number of halogens is 3. The van der Waals surface area contributed by atoms with Gasteiger partial charge >= 0.3 is 6.03 Å². The Labute approximate surface area is 226 Å². The van der Waals surface area contributed by atoms with E-state index >= 15 is 0 Å². The number of pyridine rings is 1. The summed E-state index contributed by atoms with van der Waals surface area (Å²) in [5.41, 5.74) is -0.377. The Kier molecular flexibility index (Phi) is 11.5. The summed E-state index contributed by atoms with van der Waals surface area (Å²) < 4.78 is 7.05. The molecule has 194 valence electrons. The standard InChI is InChI=1S/C15H16Cl3N3O2.C10H14N2O/c1-2-4-20(15(22)21-5-3-19-10-21)6-7-23-14-12(17)8-11(16)9-13(14)18;1-10(2,3)9(13)12-8-6-4-5-7-11-8/h3,5,8-10H,2,4,6-7H2,1H3;4-7H,1-3H3,(H,11,12,13). The second-order valence-electron chi connectivity index (χ2n) is 8.71. The highest BCUT2D eigenvalue weighted by atomic mass is 35.5. The van der Waals surface area contributed by atoms with Gasteiger partial charge in [0.15, 0.2) is 5.75 Å². The van der Waals surface area contributed by atoms with E-state index in [9.17, 15) is 9.59 Å². The summed E-state index contributed by atoms with van der Waals surface area (Å²) in [6, 6.07) is 8.39. The van der Waals surface area contributed by atoms with E-state index in [1.165, 1.54) is 10.9 Å². The van der Waals surface area contributed by atoms with Crippen LogP contribution in [0, 0.1) is 5.41 Å². The van der Waals surface area contributed by atoms with Crippen LogP contribution in [0.3, 0.4) is 0 Å². The first kappa shape index (κ1) is 29.4. The van der Waals surface area contributed by atoms with Gasteiger partial charge in [0.05, 0.1) is 16.6 Å². The summed E-state index contributed by atoms with van der Waals surface area (Å²) in [5.74, 6) is 0.942. The van der Waals surface area contributed by atoms with Crippen LogP contribution in [0.4, 0.5) is 10.6 Å². The van der Waals surface area contributed by atoms with E-state index in [0.717, 1.165) is 6.42 Å². The Morgan fingerprint density at radius 3 is 2.31 bits per heavy atom. The number of hydrogen-bond acceptors (Lipinski definition) is 5. The first-order chi connectivity index (χ1) is 17.0. The minimum atomic E-state index is -0.377. The van der Waals surface area contributed by atoms with Gasteiger partial charge in [0.25, 0.3) is 0 Å². The molecule has 0 bridgehead atoms. The van der Waals surface area contributed by atoms with E-state index in [4.69, 9.17) is 39.5 Å². The number of carbonyl (C=O) groups is 2. The first-order valence-corrected chi connectivity index (χ1v) is 12.4. The van der Waals surface area contributed by atoms with Crippen molar-refractivity contribution < 1.29 is 14.3 Å². The Bertz CT molecular complexity index is 1100. The number of carbonyl (C=O) groups excluding carboxylic acids is 2. The summed E-state index contributed by atoms with van der Waals surface area (Å²) in [7, 11) is 0. The van der Waals surface area contributed by atoms with E-state index in [2.05, 4.69) is 15.3 Å². The van der Waals surface area contributed by atoms with Gasteiger partial charge in [-0.1, -0.05) is 68.6 Å². The first-order valence-electron chi connectivity index (χ1n) is 11.3. The number of hydrogen-bond donors (Lipinski definition) is 1. The third-order valence-electron chi connectivity index (χ3n) is 4.65. The van der Waals surface area contributed by atoms with Gasteiger partial charge in [0, 0.05) is 35.6 Å². The molecule has 0 spiro atoms. The molecule has 2 aromatic heterocycles. The lowest BCUT2D eigenvalue weighted by molar-refractivity contribution is -0.123. The summed E-state index contributed by atoms with van der Waals surface area (Å²) in [6.45, 7) is 8.88. The third kappa shape index (κ3) is 9.33. The number of aromatic nitrogens is 3. The molecule has 11 heteroatoms. The lowest BCUT2D eigenvalue weighted by atomic mass is 9.96. The molecule has 36 heavy (non-hydrogen) atoms. The van der Waals surface area contributed by atoms with E-state index in [1.54, 1.807) is 41.7 Å². The number of amides is 2. The minimum absolute atomic E-state index is 0.0220. The van der Waals surface area contributed by atoms with E-state index < -0.39 is 0 Å².